The second kappa shape index (κ2) is 3.09. The van der Waals surface area contributed by atoms with Crippen LogP contribution in [0.2, 0.25) is 0 Å². The van der Waals surface area contributed by atoms with E-state index in [1.54, 1.807) is 0 Å². The largest absolute Gasteiger partial charge is 0.430 e. The summed E-state index contributed by atoms with van der Waals surface area (Å²) in [5.74, 6) is 1.31. The van der Waals surface area contributed by atoms with Crippen molar-refractivity contribution in [2.24, 2.45) is 5.92 Å². The van der Waals surface area contributed by atoms with Gasteiger partial charge in [0.25, 0.3) is 0 Å². The van der Waals surface area contributed by atoms with Crippen molar-refractivity contribution in [3.63, 3.8) is 0 Å². The predicted octanol–water partition coefficient (Wildman–Crippen LogP) is 2.23. The number of hydrogen-bond acceptors (Lipinski definition) is 2. The average molecular weight is 187 g/mol. The van der Waals surface area contributed by atoms with E-state index in [0.29, 0.717) is 0 Å². The van der Waals surface area contributed by atoms with Gasteiger partial charge in [-0.2, -0.15) is 0 Å². The number of fused-ring (bicyclic) bond motifs is 2. The van der Waals surface area contributed by atoms with E-state index < -0.39 is 0 Å². The minimum absolute atomic E-state index is 0.0402. The summed E-state index contributed by atoms with van der Waals surface area (Å²) in [5, 5.41) is 0. The van der Waals surface area contributed by atoms with E-state index >= 15 is 0 Å². The van der Waals surface area contributed by atoms with Gasteiger partial charge in [-0.1, -0.05) is 0 Å². The summed E-state index contributed by atoms with van der Waals surface area (Å²) in [7, 11) is 0. The quantitative estimate of drug-likeness (QED) is 0.488. The molecule has 1 atom stereocenters. The molecule has 2 rings (SSSR count). The molecule has 0 radical (unpaired) electrons. The van der Waals surface area contributed by atoms with Crippen molar-refractivity contribution in [3.05, 3.63) is 11.3 Å². The Morgan fingerprint density at radius 1 is 1.58 bits per heavy atom. The number of esters is 1. The molecular formula is C9H11ClO2. The third-order valence-corrected chi connectivity index (χ3v) is 2.82. The minimum Gasteiger partial charge on any atom is -0.430 e. The summed E-state index contributed by atoms with van der Waals surface area (Å²) < 4.78 is 5.10. The lowest BCUT2D eigenvalue weighted by atomic mass is 10.1. The molecular weight excluding hydrogens is 176 g/mol. The lowest BCUT2D eigenvalue weighted by Crippen LogP contribution is -2.07. The van der Waals surface area contributed by atoms with E-state index in [4.69, 9.17) is 16.3 Å². The molecule has 0 spiro atoms. The smallest absolute Gasteiger partial charge is 0.325 e. The normalized spacial score (nSPS) is 26.6. The van der Waals surface area contributed by atoms with Crippen LogP contribution >= 0.6 is 11.6 Å². The van der Waals surface area contributed by atoms with Crippen molar-refractivity contribution in [2.45, 2.75) is 25.7 Å². The van der Waals surface area contributed by atoms with Gasteiger partial charge in [-0.05, 0) is 30.8 Å². The number of hydrogen-bond donors (Lipinski definition) is 0. The van der Waals surface area contributed by atoms with Gasteiger partial charge in [0.15, 0.2) is 0 Å². The summed E-state index contributed by atoms with van der Waals surface area (Å²) in [6, 6.07) is 0. The molecule has 1 saturated carbocycles. The van der Waals surface area contributed by atoms with Crippen molar-refractivity contribution in [1.29, 1.82) is 0 Å². The minimum atomic E-state index is -0.313. The summed E-state index contributed by atoms with van der Waals surface area (Å²) in [5.41, 5.74) is 1.35. The number of carbonyl (C=O) groups excluding carboxylic acids is 1. The molecule has 3 heteroatoms. The van der Waals surface area contributed by atoms with Gasteiger partial charge in [0.05, 0.1) is 0 Å². The summed E-state index contributed by atoms with van der Waals surface area (Å²) >= 11 is 5.34. The van der Waals surface area contributed by atoms with E-state index in [0.717, 1.165) is 30.9 Å². The molecule has 0 aliphatic heterocycles. The van der Waals surface area contributed by atoms with Crippen LogP contribution in [0.4, 0.5) is 0 Å². The molecule has 1 fully saturated rings. The number of halogens is 1. The van der Waals surface area contributed by atoms with Crippen LogP contribution in [0.15, 0.2) is 11.3 Å². The first-order valence-corrected chi connectivity index (χ1v) is 4.80. The Kier molecular flexibility index (Phi) is 2.09. The molecule has 2 aliphatic carbocycles. The molecule has 2 nitrogen and oxygen atoms in total. The number of carbonyl (C=O) groups is 1. The van der Waals surface area contributed by atoms with Gasteiger partial charge in [-0.25, -0.2) is 0 Å². The van der Waals surface area contributed by atoms with Crippen molar-refractivity contribution in [2.75, 3.05) is 5.88 Å². The van der Waals surface area contributed by atoms with Crippen LogP contribution < -0.4 is 0 Å². The van der Waals surface area contributed by atoms with Crippen molar-refractivity contribution >= 4 is 17.6 Å². The topological polar surface area (TPSA) is 26.3 Å². The Morgan fingerprint density at radius 3 is 2.92 bits per heavy atom. The highest BCUT2D eigenvalue weighted by atomic mass is 35.5. The molecule has 0 amide bonds. The fourth-order valence-electron chi connectivity index (χ4n) is 2.04. The van der Waals surface area contributed by atoms with Crippen LogP contribution in [0.25, 0.3) is 0 Å². The van der Waals surface area contributed by atoms with E-state index in [-0.39, 0.29) is 11.8 Å². The zero-order valence-electron chi connectivity index (χ0n) is 6.81. The molecule has 2 aliphatic rings. The molecule has 0 aromatic heterocycles. The Morgan fingerprint density at radius 2 is 2.42 bits per heavy atom. The summed E-state index contributed by atoms with van der Waals surface area (Å²) in [6.45, 7) is 0. The summed E-state index contributed by atoms with van der Waals surface area (Å²) in [4.78, 5) is 10.9. The summed E-state index contributed by atoms with van der Waals surface area (Å²) in [6.07, 6.45) is 4.50. The van der Waals surface area contributed by atoms with Crippen molar-refractivity contribution in [3.8, 4) is 0 Å². The first-order chi connectivity index (χ1) is 5.79. The Balaban J connectivity index is 2.01. The number of ether oxygens (including phenoxy) is 1. The second-order valence-electron chi connectivity index (χ2n) is 3.45. The van der Waals surface area contributed by atoms with E-state index in [2.05, 4.69) is 0 Å². The van der Waals surface area contributed by atoms with Crippen LogP contribution in [-0.4, -0.2) is 11.8 Å². The van der Waals surface area contributed by atoms with Crippen LogP contribution in [0.3, 0.4) is 0 Å². The number of alkyl halides is 1. The molecule has 2 bridgehead atoms. The lowest BCUT2D eigenvalue weighted by molar-refractivity contribution is -0.136. The van der Waals surface area contributed by atoms with Gasteiger partial charge in [-0.15, -0.1) is 11.6 Å². The van der Waals surface area contributed by atoms with E-state index in [1.807, 2.05) is 0 Å². The van der Waals surface area contributed by atoms with Crippen molar-refractivity contribution < 1.29 is 9.53 Å². The molecule has 0 aromatic rings. The van der Waals surface area contributed by atoms with Gasteiger partial charge in [0, 0.05) is 6.42 Å². The van der Waals surface area contributed by atoms with Crippen LogP contribution in [0, 0.1) is 5.92 Å². The van der Waals surface area contributed by atoms with Gasteiger partial charge >= 0.3 is 5.97 Å². The Bertz CT molecular complexity index is 245. The molecule has 66 valence electrons. The van der Waals surface area contributed by atoms with Gasteiger partial charge in [-0.3, -0.25) is 4.79 Å². The predicted molar refractivity (Wildman–Crippen MR) is 45.8 cm³/mol. The average Bonchev–Trinajstić information content (AvgIpc) is 2.64. The highest BCUT2D eigenvalue weighted by Crippen LogP contribution is 2.44. The van der Waals surface area contributed by atoms with E-state index in [1.165, 1.54) is 12.0 Å². The second-order valence-corrected chi connectivity index (χ2v) is 3.71. The fraction of sp³-hybridized carbons (Fsp3) is 0.667. The lowest BCUT2D eigenvalue weighted by Gasteiger charge is -2.10. The van der Waals surface area contributed by atoms with E-state index in [9.17, 15) is 4.79 Å². The molecule has 1 unspecified atom stereocenters. The molecule has 0 saturated heterocycles. The van der Waals surface area contributed by atoms with Gasteiger partial charge in [0.2, 0.25) is 0 Å². The van der Waals surface area contributed by atoms with Crippen LogP contribution in [-0.2, 0) is 9.53 Å². The SMILES string of the molecule is O=C(CCl)OC1=C2CCC(C2)C1. The Hall–Kier alpha value is -0.500. The van der Waals surface area contributed by atoms with Crippen LogP contribution in [0.5, 0.6) is 0 Å². The number of allylic oxidation sites excluding steroid dienone is 2. The molecule has 12 heavy (non-hydrogen) atoms. The standard InChI is InChI=1S/C9H11ClO2/c10-5-9(11)12-8-4-6-1-2-7(8)3-6/h6H,1-5H2. The Labute approximate surface area is 76.5 Å². The maximum absolute atomic E-state index is 10.9. The highest BCUT2D eigenvalue weighted by Gasteiger charge is 2.32. The third-order valence-electron chi connectivity index (χ3n) is 2.60. The third kappa shape index (κ3) is 1.36. The zero-order valence-corrected chi connectivity index (χ0v) is 7.56. The van der Waals surface area contributed by atoms with Gasteiger partial charge in [0.1, 0.15) is 11.6 Å². The fourth-order valence-corrected chi connectivity index (χ4v) is 2.10. The maximum atomic E-state index is 10.9. The monoisotopic (exact) mass is 186 g/mol. The first kappa shape index (κ1) is 8.11. The maximum Gasteiger partial charge on any atom is 0.325 e. The zero-order chi connectivity index (χ0) is 8.55. The molecule has 0 N–H and O–H groups in total. The van der Waals surface area contributed by atoms with Gasteiger partial charge < -0.3 is 4.74 Å². The van der Waals surface area contributed by atoms with Crippen molar-refractivity contribution in [1.82, 2.24) is 0 Å². The first-order valence-electron chi connectivity index (χ1n) is 4.27. The highest BCUT2D eigenvalue weighted by molar-refractivity contribution is 6.26. The molecule has 0 heterocycles. The van der Waals surface area contributed by atoms with Crippen LogP contribution in [0.1, 0.15) is 25.7 Å². The molecule has 0 aromatic carbocycles. The number of rotatable bonds is 2.